The van der Waals surface area contributed by atoms with Gasteiger partial charge in [-0.15, -0.1) is 0 Å². The summed E-state index contributed by atoms with van der Waals surface area (Å²) in [5, 5.41) is 9.64. The molecule has 0 unspecified atom stereocenters. The Hall–Kier alpha value is -1.62. The summed E-state index contributed by atoms with van der Waals surface area (Å²) in [5.41, 5.74) is 3.66. The van der Waals surface area contributed by atoms with Gasteiger partial charge in [-0.2, -0.15) is 5.10 Å². The maximum absolute atomic E-state index is 12.1. The molecular formula is C13H14BrN3O. The van der Waals surface area contributed by atoms with Gasteiger partial charge in [-0.3, -0.25) is 9.89 Å². The van der Waals surface area contributed by atoms with E-state index in [9.17, 15) is 4.79 Å². The van der Waals surface area contributed by atoms with Crippen molar-refractivity contribution in [1.29, 1.82) is 0 Å². The van der Waals surface area contributed by atoms with Crippen LogP contribution in [-0.4, -0.2) is 16.1 Å². The summed E-state index contributed by atoms with van der Waals surface area (Å²) in [5.74, 6) is -0.0915. The fourth-order valence-corrected chi connectivity index (χ4v) is 2.09. The molecule has 0 aliphatic heterocycles. The smallest absolute Gasteiger partial charge is 0.252 e. The summed E-state index contributed by atoms with van der Waals surface area (Å²) >= 11 is 3.43. The standard InChI is InChI=1S/C13H14BrN3O/c1-8-4-3-5-11(12(8)14)13(18)15-6-10-7-16-17-9(10)2/h3-5,7H,6H2,1-2H3,(H,15,18)(H,16,17). The number of nitrogens with one attached hydrogen (secondary N) is 2. The molecule has 0 fully saturated rings. The highest BCUT2D eigenvalue weighted by Gasteiger charge is 2.11. The van der Waals surface area contributed by atoms with E-state index in [1.165, 1.54) is 0 Å². The van der Waals surface area contributed by atoms with E-state index in [-0.39, 0.29) is 5.91 Å². The summed E-state index contributed by atoms with van der Waals surface area (Å²) in [6.07, 6.45) is 1.72. The van der Waals surface area contributed by atoms with E-state index in [1.54, 1.807) is 12.3 Å². The van der Waals surface area contributed by atoms with Crippen LogP contribution in [0.15, 0.2) is 28.9 Å². The molecule has 1 aromatic heterocycles. The third-order valence-corrected chi connectivity index (χ3v) is 3.86. The maximum Gasteiger partial charge on any atom is 0.252 e. The Labute approximate surface area is 114 Å². The van der Waals surface area contributed by atoms with Gasteiger partial charge < -0.3 is 5.32 Å². The third kappa shape index (κ3) is 2.61. The van der Waals surface area contributed by atoms with E-state index < -0.39 is 0 Å². The van der Waals surface area contributed by atoms with Gasteiger partial charge in [0.05, 0.1) is 11.8 Å². The van der Waals surface area contributed by atoms with Crippen LogP contribution in [0.25, 0.3) is 0 Å². The highest BCUT2D eigenvalue weighted by Crippen LogP contribution is 2.20. The Kier molecular flexibility index (Phi) is 3.81. The predicted octanol–water partition coefficient (Wildman–Crippen LogP) is 2.72. The van der Waals surface area contributed by atoms with Crippen LogP contribution in [0.5, 0.6) is 0 Å². The Morgan fingerprint density at radius 3 is 2.89 bits per heavy atom. The molecule has 0 aliphatic carbocycles. The zero-order valence-corrected chi connectivity index (χ0v) is 11.8. The number of aromatic nitrogens is 2. The number of H-pyrrole nitrogens is 1. The molecule has 0 bridgehead atoms. The Morgan fingerprint density at radius 1 is 1.44 bits per heavy atom. The first kappa shape index (κ1) is 12.8. The number of nitrogens with zero attached hydrogens (tertiary/aromatic N) is 1. The second kappa shape index (κ2) is 5.35. The zero-order valence-electron chi connectivity index (χ0n) is 10.2. The highest BCUT2D eigenvalue weighted by molar-refractivity contribution is 9.10. The van der Waals surface area contributed by atoms with Crippen molar-refractivity contribution in [1.82, 2.24) is 15.5 Å². The molecule has 0 saturated heterocycles. The van der Waals surface area contributed by atoms with Gasteiger partial charge >= 0.3 is 0 Å². The molecule has 0 radical (unpaired) electrons. The molecule has 0 saturated carbocycles. The van der Waals surface area contributed by atoms with Crippen molar-refractivity contribution in [3.8, 4) is 0 Å². The maximum atomic E-state index is 12.1. The van der Waals surface area contributed by atoms with Gasteiger partial charge in [-0.05, 0) is 41.4 Å². The van der Waals surface area contributed by atoms with Crippen molar-refractivity contribution in [2.45, 2.75) is 20.4 Å². The highest BCUT2D eigenvalue weighted by atomic mass is 79.9. The summed E-state index contributed by atoms with van der Waals surface area (Å²) in [6.45, 7) is 4.36. The number of carbonyl (C=O) groups excluding carboxylic acids is 1. The molecule has 2 aromatic rings. The monoisotopic (exact) mass is 307 g/mol. The summed E-state index contributed by atoms with van der Waals surface area (Å²) in [7, 11) is 0. The average molecular weight is 308 g/mol. The topological polar surface area (TPSA) is 57.8 Å². The minimum absolute atomic E-state index is 0.0915. The van der Waals surface area contributed by atoms with E-state index in [4.69, 9.17) is 0 Å². The molecule has 0 spiro atoms. The van der Waals surface area contributed by atoms with E-state index in [1.807, 2.05) is 26.0 Å². The Bertz CT molecular complexity index is 577. The van der Waals surface area contributed by atoms with Crippen LogP contribution in [0, 0.1) is 13.8 Å². The first-order valence-corrected chi connectivity index (χ1v) is 6.41. The van der Waals surface area contributed by atoms with Crippen molar-refractivity contribution in [2.24, 2.45) is 0 Å². The van der Waals surface area contributed by atoms with Crippen LogP contribution in [-0.2, 0) is 6.54 Å². The van der Waals surface area contributed by atoms with Crippen molar-refractivity contribution in [3.05, 3.63) is 51.3 Å². The SMILES string of the molecule is Cc1cccc(C(=O)NCc2cn[nH]c2C)c1Br. The number of aromatic amines is 1. The van der Waals surface area contributed by atoms with E-state index in [2.05, 4.69) is 31.4 Å². The van der Waals surface area contributed by atoms with Gasteiger partial charge in [-0.1, -0.05) is 12.1 Å². The number of carbonyl (C=O) groups is 1. The first-order valence-electron chi connectivity index (χ1n) is 5.61. The van der Waals surface area contributed by atoms with Crippen LogP contribution < -0.4 is 5.32 Å². The van der Waals surface area contributed by atoms with Crippen molar-refractivity contribution in [3.63, 3.8) is 0 Å². The first-order chi connectivity index (χ1) is 8.59. The van der Waals surface area contributed by atoms with Crippen molar-refractivity contribution < 1.29 is 4.79 Å². The lowest BCUT2D eigenvalue weighted by Gasteiger charge is -2.08. The molecule has 2 N–H and O–H groups in total. The quantitative estimate of drug-likeness (QED) is 0.916. The van der Waals surface area contributed by atoms with Crippen LogP contribution in [0.2, 0.25) is 0 Å². The normalized spacial score (nSPS) is 10.4. The average Bonchev–Trinajstić information content (AvgIpc) is 2.75. The summed E-state index contributed by atoms with van der Waals surface area (Å²) in [4.78, 5) is 12.1. The third-order valence-electron chi connectivity index (χ3n) is 2.81. The molecule has 1 heterocycles. The van der Waals surface area contributed by atoms with Gasteiger partial charge in [0, 0.05) is 22.3 Å². The van der Waals surface area contributed by atoms with Gasteiger partial charge in [0.2, 0.25) is 0 Å². The second-order valence-corrected chi connectivity index (χ2v) is 4.93. The van der Waals surface area contributed by atoms with Crippen LogP contribution >= 0.6 is 15.9 Å². The lowest BCUT2D eigenvalue weighted by molar-refractivity contribution is 0.0950. The zero-order chi connectivity index (χ0) is 13.1. The van der Waals surface area contributed by atoms with Crippen molar-refractivity contribution >= 4 is 21.8 Å². The number of rotatable bonds is 3. The minimum Gasteiger partial charge on any atom is -0.348 e. The number of amides is 1. The summed E-state index contributed by atoms with van der Waals surface area (Å²) in [6, 6.07) is 5.63. The van der Waals surface area contributed by atoms with Crippen LogP contribution in [0.3, 0.4) is 0 Å². The largest absolute Gasteiger partial charge is 0.348 e. The van der Waals surface area contributed by atoms with E-state index >= 15 is 0 Å². The van der Waals surface area contributed by atoms with Crippen LogP contribution in [0.4, 0.5) is 0 Å². The fraction of sp³-hybridized carbons (Fsp3) is 0.231. The molecule has 18 heavy (non-hydrogen) atoms. The number of hydrogen-bond acceptors (Lipinski definition) is 2. The van der Waals surface area contributed by atoms with E-state index in [0.29, 0.717) is 12.1 Å². The number of halogens is 1. The molecule has 1 amide bonds. The van der Waals surface area contributed by atoms with E-state index in [0.717, 1.165) is 21.3 Å². The molecule has 4 nitrogen and oxygen atoms in total. The van der Waals surface area contributed by atoms with Crippen LogP contribution in [0.1, 0.15) is 27.2 Å². The molecule has 5 heteroatoms. The lowest BCUT2D eigenvalue weighted by Crippen LogP contribution is -2.23. The molecular weight excluding hydrogens is 294 g/mol. The number of benzene rings is 1. The number of aryl methyl sites for hydroxylation is 2. The van der Waals surface area contributed by atoms with Gasteiger partial charge in [0.15, 0.2) is 0 Å². The Morgan fingerprint density at radius 2 is 2.22 bits per heavy atom. The lowest BCUT2D eigenvalue weighted by atomic mass is 10.1. The molecule has 2 rings (SSSR count). The fourth-order valence-electron chi connectivity index (χ4n) is 1.65. The Balaban J connectivity index is 2.09. The van der Waals surface area contributed by atoms with Gasteiger partial charge in [-0.25, -0.2) is 0 Å². The number of hydrogen-bond donors (Lipinski definition) is 2. The minimum atomic E-state index is -0.0915. The molecule has 0 aliphatic rings. The van der Waals surface area contributed by atoms with Crippen molar-refractivity contribution in [2.75, 3.05) is 0 Å². The molecule has 94 valence electrons. The van der Waals surface area contributed by atoms with Gasteiger partial charge in [0.25, 0.3) is 5.91 Å². The second-order valence-electron chi connectivity index (χ2n) is 4.14. The summed E-state index contributed by atoms with van der Waals surface area (Å²) < 4.78 is 0.839. The molecule has 1 aromatic carbocycles. The van der Waals surface area contributed by atoms with Gasteiger partial charge in [0.1, 0.15) is 0 Å². The predicted molar refractivity (Wildman–Crippen MR) is 73.4 cm³/mol. The molecule has 0 atom stereocenters.